The van der Waals surface area contributed by atoms with Crippen LogP contribution >= 0.6 is 0 Å². The third-order valence-electron chi connectivity index (χ3n) is 2.17. The topological polar surface area (TPSA) is 79.8 Å². The van der Waals surface area contributed by atoms with Gasteiger partial charge in [-0.1, -0.05) is 18.2 Å². The van der Waals surface area contributed by atoms with Gasteiger partial charge in [0.05, 0.1) is 11.4 Å². The highest BCUT2D eigenvalue weighted by atomic mass is 16.2. The number of rotatable bonds is 3. The van der Waals surface area contributed by atoms with Gasteiger partial charge in [0, 0.05) is 5.69 Å². The van der Waals surface area contributed by atoms with Gasteiger partial charge in [-0.3, -0.25) is 0 Å². The minimum Gasteiger partial charge on any atom is -0.351 e. The van der Waals surface area contributed by atoms with Gasteiger partial charge in [0.15, 0.2) is 0 Å². The molecule has 0 atom stereocenters. The van der Waals surface area contributed by atoms with Crippen molar-refractivity contribution in [2.24, 2.45) is 16.0 Å². The van der Waals surface area contributed by atoms with Crippen molar-refractivity contribution in [3.63, 3.8) is 0 Å². The molecule has 18 heavy (non-hydrogen) atoms. The number of nitrogens with two attached hydrogens (primary N) is 1. The first kappa shape index (κ1) is 11.8. The zero-order valence-electron chi connectivity index (χ0n) is 9.58. The number of primary amides is 1. The molecule has 0 unspecified atom stereocenters. The highest BCUT2D eigenvalue weighted by Crippen LogP contribution is 2.19. The van der Waals surface area contributed by atoms with Gasteiger partial charge in [-0.15, -0.1) is 0 Å². The van der Waals surface area contributed by atoms with Crippen LogP contribution in [0.2, 0.25) is 0 Å². The molecule has 0 bridgehead atoms. The van der Waals surface area contributed by atoms with Crippen molar-refractivity contribution >= 4 is 23.1 Å². The molecular formula is C13H12N4O. The third kappa shape index (κ3) is 3.41. The Kier molecular flexibility index (Phi) is 3.66. The Labute approximate surface area is 104 Å². The van der Waals surface area contributed by atoms with E-state index in [0.29, 0.717) is 11.4 Å². The van der Waals surface area contributed by atoms with Crippen molar-refractivity contribution < 1.29 is 4.79 Å². The second kappa shape index (κ2) is 5.58. The molecule has 0 aliphatic heterocycles. The van der Waals surface area contributed by atoms with Crippen LogP contribution in [0.5, 0.6) is 0 Å². The molecule has 0 saturated heterocycles. The van der Waals surface area contributed by atoms with E-state index in [4.69, 9.17) is 5.73 Å². The first-order valence-electron chi connectivity index (χ1n) is 5.37. The molecule has 3 N–H and O–H groups in total. The number of benzene rings is 2. The SMILES string of the molecule is NC(=O)Nc1ccc(N=Nc2ccccc2)cc1. The van der Waals surface area contributed by atoms with Crippen LogP contribution < -0.4 is 11.1 Å². The van der Waals surface area contributed by atoms with E-state index < -0.39 is 6.03 Å². The summed E-state index contributed by atoms with van der Waals surface area (Å²) in [6.07, 6.45) is 0. The van der Waals surface area contributed by atoms with Crippen LogP contribution in [-0.4, -0.2) is 6.03 Å². The standard InChI is InChI=1S/C13H12N4O/c14-13(18)15-10-6-8-12(9-7-10)17-16-11-4-2-1-3-5-11/h1-9H,(H3,14,15,18). The Hall–Kier alpha value is -2.69. The van der Waals surface area contributed by atoms with Crippen LogP contribution in [-0.2, 0) is 0 Å². The minimum atomic E-state index is -0.589. The Morgan fingerprint density at radius 2 is 1.44 bits per heavy atom. The van der Waals surface area contributed by atoms with Crippen molar-refractivity contribution in [1.29, 1.82) is 0 Å². The Bertz CT molecular complexity index is 549. The molecule has 0 aliphatic carbocycles. The maximum Gasteiger partial charge on any atom is 0.316 e. The number of azo groups is 1. The molecule has 5 heteroatoms. The molecule has 2 aromatic rings. The molecule has 0 fully saturated rings. The van der Waals surface area contributed by atoms with Crippen molar-refractivity contribution in [2.75, 3.05) is 5.32 Å². The third-order valence-corrected chi connectivity index (χ3v) is 2.17. The molecule has 0 aromatic heterocycles. The van der Waals surface area contributed by atoms with E-state index in [1.807, 2.05) is 30.3 Å². The summed E-state index contributed by atoms with van der Waals surface area (Å²) in [6, 6.07) is 15.8. The van der Waals surface area contributed by atoms with Crippen molar-refractivity contribution in [3.8, 4) is 0 Å². The van der Waals surface area contributed by atoms with Crippen molar-refractivity contribution in [2.45, 2.75) is 0 Å². The number of carbonyl (C=O) groups is 1. The summed E-state index contributed by atoms with van der Waals surface area (Å²) < 4.78 is 0. The Balaban J connectivity index is 2.06. The van der Waals surface area contributed by atoms with Gasteiger partial charge >= 0.3 is 6.03 Å². The van der Waals surface area contributed by atoms with Gasteiger partial charge in [0.1, 0.15) is 0 Å². The van der Waals surface area contributed by atoms with Crippen LogP contribution in [0.1, 0.15) is 0 Å². The predicted octanol–water partition coefficient (Wildman–Crippen LogP) is 3.59. The first-order chi connectivity index (χ1) is 8.74. The van der Waals surface area contributed by atoms with E-state index in [2.05, 4.69) is 15.5 Å². The smallest absolute Gasteiger partial charge is 0.316 e. The van der Waals surface area contributed by atoms with Crippen LogP contribution in [0.4, 0.5) is 21.9 Å². The summed E-state index contributed by atoms with van der Waals surface area (Å²) in [5.41, 5.74) is 7.12. The molecule has 2 rings (SSSR count). The van der Waals surface area contributed by atoms with E-state index in [1.54, 1.807) is 24.3 Å². The van der Waals surface area contributed by atoms with Gasteiger partial charge in [-0.25, -0.2) is 4.79 Å². The molecule has 0 aliphatic rings. The maximum absolute atomic E-state index is 10.6. The van der Waals surface area contributed by atoms with E-state index in [9.17, 15) is 4.79 Å². The first-order valence-corrected chi connectivity index (χ1v) is 5.37. The largest absolute Gasteiger partial charge is 0.351 e. The fourth-order valence-corrected chi connectivity index (χ4v) is 1.36. The lowest BCUT2D eigenvalue weighted by atomic mass is 10.3. The van der Waals surface area contributed by atoms with Gasteiger partial charge in [-0.05, 0) is 36.4 Å². The number of amides is 2. The van der Waals surface area contributed by atoms with Crippen LogP contribution in [0, 0.1) is 0 Å². The predicted molar refractivity (Wildman–Crippen MR) is 70.3 cm³/mol. The summed E-state index contributed by atoms with van der Waals surface area (Å²) >= 11 is 0. The molecule has 5 nitrogen and oxygen atoms in total. The number of anilines is 1. The summed E-state index contributed by atoms with van der Waals surface area (Å²) in [7, 11) is 0. The van der Waals surface area contributed by atoms with E-state index in [-0.39, 0.29) is 0 Å². The molecule has 0 saturated carbocycles. The van der Waals surface area contributed by atoms with Crippen LogP contribution in [0.25, 0.3) is 0 Å². The second-order valence-electron chi connectivity index (χ2n) is 3.57. The summed E-state index contributed by atoms with van der Waals surface area (Å²) in [6.45, 7) is 0. The zero-order chi connectivity index (χ0) is 12.8. The highest BCUT2D eigenvalue weighted by molar-refractivity contribution is 5.87. The summed E-state index contributed by atoms with van der Waals surface area (Å²) in [5, 5.41) is 10.6. The minimum absolute atomic E-state index is 0.589. The molecule has 0 spiro atoms. The molecule has 0 heterocycles. The molecule has 2 amide bonds. The van der Waals surface area contributed by atoms with E-state index in [0.717, 1.165) is 5.69 Å². The molecule has 0 radical (unpaired) electrons. The number of hydrogen-bond donors (Lipinski definition) is 2. The van der Waals surface area contributed by atoms with Gasteiger partial charge in [-0.2, -0.15) is 10.2 Å². The fourth-order valence-electron chi connectivity index (χ4n) is 1.36. The Morgan fingerprint density at radius 1 is 0.889 bits per heavy atom. The monoisotopic (exact) mass is 240 g/mol. The van der Waals surface area contributed by atoms with Crippen LogP contribution in [0.3, 0.4) is 0 Å². The van der Waals surface area contributed by atoms with Crippen molar-refractivity contribution in [3.05, 3.63) is 54.6 Å². The lowest BCUT2D eigenvalue weighted by molar-refractivity contribution is 0.259. The lowest BCUT2D eigenvalue weighted by Crippen LogP contribution is -2.18. The number of nitrogens with zero attached hydrogens (tertiary/aromatic N) is 2. The maximum atomic E-state index is 10.6. The second-order valence-corrected chi connectivity index (χ2v) is 3.57. The molecular weight excluding hydrogens is 228 g/mol. The summed E-state index contributed by atoms with van der Waals surface area (Å²) in [4.78, 5) is 10.6. The average molecular weight is 240 g/mol. The number of urea groups is 1. The molecule has 2 aromatic carbocycles. The fraction of sp³-hybridized carbons (Fsp3) is 0. The number of hydrogen-bond acceptors (Lipinski definition) is 3. The van der Waals surface area contributed by atoms with Crippen molar-refractivity contribution in [1.82, 2.24) is 0 Å². The average Bonchev–Trinajstić information content (AvgIpc) is 2.38. The van der Waals surface area contributed by atoms with E-state index in [1.165, 1.54) is 0 Å². The Morgan fingerprint density at radius 3 is 2.00 bits per heavy atom. The lowest BCUT2D eigenvalue weighted by Gasteiger charge is -2.00. The van der Waals surface area contributed by atoms with Crippen LogP contribution in [0.15, 0.2) is 64.8 Å². The zero-order valence-corrected chi connectivity index (χ0v) is 9.58. The van der Waals surface area contributed by atoms with Gasteiger partial charge < -0.3 is 11.1 Å². The molecule has 90 valence electrons. The van der Waals surface area contributed by atoms with E-state index >= 15 is 0 Å². The van der Waals surface area contributed by atoms with Gasteiger partial charge in [0.2, 0.25) is 0 Å². The summed E-state index contributed by atoms with van der Waals surface area (Å²) in [5.74, 6) is 0. The quantitative estimate of drug-likeness (QED) is 0.790. The highest BCUT2D eigenvalue weighted by Gasteiger charge is 1.95. The normalized spacial score (nSPS) is 10.4. The van der Waals surface area contributed by atoms with Gasteiger partial charge in [0.25, 0.3) is 0 Å². The number of carbonyl (C=O) groups excluding carboxylic acids is 1. The number of nitrogens with one attached hydrogen (secondary N) is 1.